The number of rotatable bonds is 0. The number of nitrogens with two attached hydrogens (primary N) is 1. The molecule has 1 aromatic rings. The zero-order chi connectivity index (χ0) is 10.4. The summed E-state index contributed by atoms with van der Waals surface area (Å²) in [6, 6.07) is 2.00. The highest BCUT2D eigenvalue weighted by molar-refractivity contribution is 14.1. The normalized spacial score (nSPS) is 8.54. The number of nitrogen functional groups attached to an aromatic ring is 1. The molecule has 3 N–H and O–H groups in total. The van der Waals surface area contributed by atoms with Gasteiger partial charge in [-0.3, -0.25) is 4.79 Å². The van der Waals surface area contributed by atoms with Crippen LogP contribution in [0, 0.1) is 10.5 Å². The van der Waals surface area contributed by atoms with Crippen LogP contribution in [0.1, 0.15) is 12.5 Å². The zero-order valence-corrected chi connectivity index (χ0v) is 9.57. The van der Waals surface area contributed by atoms with Crippen LogP contribution in [0.15, 0.2) is 12.3 Å². The van der Waals surface area contributed by atoms with Crippen molar-refractivity contribution in [3.63, 3.8) is 0 Å². The molecule has 4 nitrogen and oxygen atoms in total. The Hall–Kier alpha value is -0.850. The van der Waals surface area contributed by atoms with Crippen molar-refractivity contribution in [3.05, 3.63) is 21.4 Å². The van der Waals surface area contributed by atoms with Gasteiger partial charge in [-0.2, -0.15) is 0 Å². The third-order valence-corrected chi connectivity index (χ3v) is 1.87. The molecular formula is C8H11IN2O2. The number of carbonyl (C=O) groups is 1. The van der Waals surface area contributed by atoms with Crippen molar-refractivity contribution in [1.82, 2.24) is 4.98 Å². The number of hydrogen-bond acceptors (Lipinski definition) is 3. The lowest BCUT2D eigenvalue weighted by atomic mass is 10.3. The molecule has 0 aliphatic carbocycles. The van der Waals surface area contributed by atoms with E-state index >= 15 is 0 Å². The van der Waals surface area contributed by atoms with Crippen LogP contribution in [0.25, 0.3) is 0 Å². The monoisotopic (exact) mass is 294 g/mol. The van der Waals surface area contributed by atoms with Gasteiger partial charge >= 0.3 is 0 Å². The Kier molecular flexibility index (Phi) is 5.36. The van der Waals surface area contributed by atoms with Crippen molar-refractivity contribution in [2.24, 2.45) is 0 Å². The molecule has 1 aromatic heterocycles. The number of hydrogen-bond donors (Lipinski definition) is 2. The first-order valence-corrected chi connectivity index (χ1v) is 4.58. The van der Waals surface area contributed by atoms with Gasteiger partial charge in [0, 0.05) is 13.1 Å². The molecule has 0 aromatic carbocycles. The average Bonchev–Trinajstić information content (AvgIpc) is 1.96. The van der Waals surface area contributed by atoms with Crippen LogP contribution in [0.5, 0.6) is 0 Å². The van der Waals surface area contributed by atoms with E-state index in [9.17, 15) is 0 Å². The fourth-order valence-electron chi connectivity index (χ4n) is 0.544. The summed E-state index contributed by atoms with van der Waals surface area (Å²) >= 11 is 2.16. The van der Waals surface area contributed by atoms with Crippen LogP contribution >= 0.6 is 22.6 Å². The van der Waals surface area contributed by atoms with Gasteiger partial charge in [-0.05, 0) is 41.1 Å². The molecule has 0 saturated carbocycles. The molecule has 0 spiro atoms. The van der Waals surface area contributed by atoms with E-state index < -0.39 is 5.97 Å². The highest BCUT2D eigenvalue weighted by Crippen LogP contribution is 2.11. The minimum Gasteiger partial charge on any atom is -0.481 e. The zero-order valence-electron chi connectivity index (χ0n) is 7.41. The Bertz CT molecular complexity index is 298. The maximum absolute atomic E-state index is 9.00. The summed E-state index contributed by atoms with van der Waals surface area (Å²) < 4.78 is 1.02. The second-order valence-corrected chi connectivity index (χ2v) is 3.56. The number of nitrogens with zero attached hydrogens (tertiary/aromatic N) is 1. The van der Waals surface area contributed by atoms with Crippen molar-refractivity contribution < 1.29 is 9.90 Å². The SMILES string of the molecule is CC(=O)O.Cc1cnc(N)c(I)c1. The number of aryl methyl sites for hydroxylation is 1. The quantitative estimate of drug-likeness (QED) is 0.714. The molecule has 0 aliphatic rings. The standard InChI is InChI=1S/C6H7IN2.C2H4O2/c1-4-2-5(7)6(8)9-3-4;1-2(3)4/h2-3H,1H3,(H2,8,9);1H3,(H,3,4). The van der Waals surface area contributed by atoms with Gasteiger partial charge in [-0.1, -0.05) is 0 Å². The van der Waals surface area contributed by atoms with Crippen LogP contribution < -0.4 is 5.73 Å². The van der Waals surface area contributed by atoms with Gasteiger partial charge in [-0.15, -0.1) is 0 Å². The maximum atomic E-state index is 9.00. The van der Waals surface area contributed by atoms with Gasteiger partial charge in [0.2, 0.25) is 0 Å². The average molecular weight is 294 g/mol. The van der Waals surface area contributed by atoms with Gasteiger partial charge in [-0.25, -0.2) is 4.98 Å². The summed E-state index contributed by atoms with van der Waals surface area (Å²) in [6.07, 6.45) is 1.76. The number of anilines is 1. The Morgan fingerprint density at radius 2 is 2.15 bits per heavy atom. The Balaban J connectivity index is 0.000000310. The maximum Gasteiger partial charge on any atom is 0.300 e. The topological polar surface area (TPSA) is 76.2 Å². The molecular weight excluding hydrogens is 283 g/mol. The Morgan fingerprint density at radius 3 is 2.46 bits per heavy atom. The number of aromatic nitrogens is 1. The van der Waals surface area contributed by atoms with Gasteiger partial charge in [0.05, 0.1) is 3.57 Å². The highest BCUT2D eigenvalue weighted by Gasteiger charge is 1.93. The van der Waals surface area contributed by atoms with Crippen LogP contribution in [0.3, 0.4) is 0 Å². The van der Waals surface area contributed by atoms with Crippen molar-refractivity contribution in [3.8, 4) is 0 Å². The largest absolute Gasteiger partial charge is 0.481 e. The number of carboxylic acid groups (broad SMARTS) is 1. The van der Waals surface area contributed by atoms with Crippen molar-refractivity contribution >= 4 is 34.4 Å². The molecule has 0 unspecified atom stereocenters. The van der Waals surface area contributed by atoms with Crippen LogP contribution in [0.2, 0.25) is 0 Å². The number of halogens is 1. The Morgan fingerprint density at radius 1 is 1.69 bits per heavy atom. The summed E-state index contributed by atoms with van der Waals surface area (Å²) in [5, 5.41) is 7.42. The van der Waals surface area contributed by atoms with Crippen LogP contribution in [-0.4, -0.2) is 16.1 Å². The molecule has 13 heavy (non-hydrogen) atoms. The first-order valence-electron chi connectivity index (χ1n) is 3.50. The van der Waals surface area contributed by atoms with E-state index in [2.05, 4.69) is 27.6 Å². The summed E-state index contributed by atoms with van der Waals surface area (Å²) in [4.78, 5) is 12.9. The summed E-state index contributed by atoms with van der Waals surface area (Å²) in [5.74, 6) is -0.221. The van der Waals surface area contributed by atoms with E-state index in [1.54, 1.807) is 6.20 Å². The number of carboxylic acids is 1. The second kappa shape index (κ2) is 5.74. The van der Waals surface area contributed by atoms with Crippen LogP contribution in [0.4, 0.5) is 5.82 Å². The number of aliphatic carboxylic acids is 1. The van der Waals surface area contributed by atoms with Gasteiger partial charge in [0.15, 0.2) is 0 Å². The van der Waals surface area contributed by atoms with Crippen molar-refractivity contribution in [2.75, 3.05) is 5.73 Å². The summed E-state index contributed by atoms with van der Waals surface area (Å²) in [7, 11) is 0. The molecule has 0 aliphatic heterocycles. The van der Waals surface area contributed by atoms with E-state index in [4.69, 9.17) is 15.6 Å². The fourth-order valence-corrected chi connectivity index (χ4v) is 1.17. The number of pyridine rings is 1. The lowest BCUT2D eigenvalue weighted by Gasteiger charge is -1.95. The predicted octanol–water partition coefficient (Wildman–Crippen LogP) is 1.67. The van der Waals surface area contributed by atoms with Crippen molar-refractivity contribution in [2.45, 2.75) is 13.8 Å². The second-order valence-electron chi connectivity index (χ2n) is 2.40. The molecule has 5 heteroatoms. The molecule has 72 valence electrons. The predicted molar refractivity (Wildman–Crippen MR) is 59.4 cm³/mol. The van der Waals surface area contributed by atoms with E-state index in [-0.39, 0.29) is 0 Å². The molecule has 0 radical (unpaired) electrons. The van der Waals surface area contributed by atoms with Gasteiger partial charge in [0.25, 0.3) is 5.97 Å². The van der Waals surface area contributed by atoms with Crippen LogP contribution in [-0.2, 0) is 4.79 Å². The van der Waals surface area contributed by atoms with Gasteiger partial charge < -0.3 is 10.8 Å². The highest BCUT2D eigenvalue weighted by atomic mass is 127. The first-order chi connectivity index (χ1) is 5.93. The first kappa shape index (κ1) is 12.2. The molecule has 1 heterocycles. The van der Waals surface area contributed by atoms with E-state index in [1.165, 1.54) is 0 Å². The lowest BCUT2D eigenvalue weighted by Crippen LogP contribution is -1.93. The fraction of sp³-hybridized carbons (Fsp3) is 0.250. The van der Waals surface area contributed by atoms with Gasteiger partial charge in [0.1, 0.15) is 5.82 Å². The molecule has 0 atom stereocenters. The minimum absolute atomic E-state index is 0.612. The van der Waals surface area contributed by atoms with Crippen molar-refractivity contribution in [1.29, 1.82) is 0 Å². The molecule has 0 fully saturated rings. The molecule has 1 rings (SSSR count). The Labute approximate surface area is 90.3 Å². The third-order valence-electron chi connectivity index (χ3n) is 1.01. The molecule has 0 saturated heterocycles. The lowest BCUT2D eigenvalue weighted by molar-refractivity contribution is -0.134. The molecule has 0 amide bonds. The van der Waals surface area contributed by atoms with E-state index in [0.29, 0.717) is 5.82 Å². The summed E-state index contributed by atoms with van der Waals surface area (Å²) in [5.41, 5.74) is 6.62. The minimum atomic E-state index is -0.833. The van der Waals surface area contributed by atoms with E-state index in [1.807, 2.05) is 13.0 Å². The smallest absolute Gasteiger partial charge is 0.300 e. The van der Waals surface area contributed by atoms with E-state index in [0.717, 1.165) is 16.1 Å². The molecule has 0 bridgehead atoms. The third kappa shape index (κ3) is 6.32. The summed E-state index contributed by atoms with van der Waals surface area (Å²) in [6.45, 7) is 3.08.